The minimum Gasteiger partial charge on any atom is -0.481 e. The highest BCUT2D eigenvalue weighted by atomic mass is 19.3. The second kappa shape index (κ2) is 12.8. The molecule has 3 N–H and O–H groups in total. The van der Waals surface area contributed by atoms with Crippen molar-refractivity contribution in [3.8, 4) is 0 Å². The van der Waals surface area contributed by atoms with Crippen LogP contribution in [-0.4, -0.2) is 52.5 Å². The molecule has 0 heterocycles. The zero-order valence-electron chi connectivity index (χ0n) is 32.2. The quantitative estimate of drug-likeness (QED) is 0.227. The Morgan fingerprint density at radius 2 is 1.53 bits per heavy atom. The number of urea groups is 1. The minimum absolute atomic E-state index is 0.0366. The van der Waals surface area contributed by atoms with E-state index in [-0.39, 0.29) is 90.6 Å². The summed E-state index contributed by atoms with van der Waals surface area (Å²) in [4.78, 5) is 52.1. The number of aliphatic carboxylic acids is 1. The van der Waals surface area contributed by atoms with E-state index in [9.17, 15) is 33.1 Å². The number of fused-ring (bicyclic) bond motifs is 7. The molecule has 10 heteroatoms. The number of carbonyl (C=O) groups is 4. The minimum atomic E-state index is -2.67. The Labute approximate surface area is 303 Å². The SMILES string of the molecule is CC(C)C1=C2C3CCC4[C@@](C)(CCC5C(C)(C)[C@@H](OC(=O)CC(C)(C)C(=O)O)CC[C@@]54C)C3CC[C@@]2(NC(=O)NC2CCC(F)(F)CC2)CC1=O. The Balaban J connectivity index is 1.22. The summed E-state index contributed by atoms with van der Waals surface area (Å²) in [6.07, 6.45) is 7.24. The van der Waals surface area contributed by atoms with Gasteiger partial charge in [0.1, 0.15) is 6.10 Å². The van der Waals surface area contributed by atoms with Crippen LogP contribution in [0.2, 0.25) is 0 Å². The lowest BCUT2D eigenvalue weighted by molar-refractivity contribution is -0.213. The molecule has 2 amide bonds. The molecule has 51 heavy (non-hydrogen) atoms. The first-order valence-electron chi connectivity index (χ1n) is 19.7. The summed E-state index contributed by atoms with van der Waals surface area (Å²) < 4.78 is 33.7. The van der Waals surface area contributed by atoms with Gasteiger partial charge >= 0.3 is 18.0 Å². The van der Waals surface area contributed by atoms with Crippen LogP contribution in [0.15, 0.2) is 11.1 Å². The maximum Gasteiger partial charge on any atom is 0.315 e. The number of hydrogen-bond acceptors (Lipinski definition) is 5. The van der Waals surface area contributed by atoms with Crippen LogP contribution in [0.3, 0.4) is 0 Å². The maximum absolute atomic E-state index is 13.8. The van der Waals surface area contributed by atoms with Crippen molar-refractivity contribution in [3.63, 3.8) is 0 Å². The Kier molecular flexibility index (Phi) is 9.60. The van der Waals surface area contributed by atoms with Gasteiger partial charge in [0.2, 0.25) is 5.92 Å². The van der Waals surface area contributed by atoms with Gasteiger partial charge in [-0.3, -0.25) is 14.4 Å². The Hall–Kier alpha value is -2.52. The second-order valence-electron chi connectivity index (χ2n) is 19.6. The molecule has 8 atom stereocenters. The van der Waals surface area contributed by atoms with E-state index in [0.29, 0.717) is 24.2 Å². The molecule has 5 fully saturated rings. The van der Waals surface area contributed by atoms with Crippen molar-refractivity contribution in [1.82, 2.24) is 10.6 Å². The van der Waals surface area contributed by atoms with Crippen LogP contribution in [-0.2, 0) is 19.1 Å². The molecular weight excluding hydrogens is 654 g/mol. The number of ketones is 1. The standard InChI is InChI=1S/C41H62F2N2O6/c1-23(2)32-27(46)21-40(45-35(50)44-24-11-19-41(42,43)20-12-24)18-13-26-25(33(32)40)9-10-29-38(26,7)16-14-28-37(5,6)30(15-17-39(28,29)8)51-31(47)22-36(3,4)34(48)49/h23-26,28-30H,9-22H2,1-8H3,(H,48,49)(H2,44,45,50)/t25?,26?,28?,29?,30-,38-,39-,40+/m0/s1. The number of hydrogen-bond donors (Lipinski definition) is 3. The van der Waals surface area contributed by atoms with Gasteiger partial charge in [0, 0.05) is 30.7 Å². The van der Waals surface area contributed by atoms with E-state index >= 15 is 0 Å². The third-order valence-corrected chi connectivity index (χ3v) is 15.4. The number of Topliss-reactive ketones (excluding diaryl/α,β-unsaturated/α-hetero) is 1. The molecule has 0 bridgehead atoms. The molecule has 6 aliphatic rings. The second-order valence-corrected chi connectivity index (χ2v) is 19.6. The largest absolute Gasteiger partial charge is 0.481 e. The third kappa shape index (κ3) is 6.44. The van der Waals surface area contributed by atoms with Gasteiger partial charge in [-0.25, -0.2) is 13.6 Å². The summed E-state index contributed by atoms with van der Waals surface area (Å²) in [5, 5.41) is 15.9. The average molecular weight is 717 g/mol. The van der Waals surface area contributed by atoms with Crippen LogP contribution in [0.5, 0.6) is 0 Å². The van der Waals surface area contributed by atoms with E-state index in [1.54, 1.807) is 13.8 Å². The van der Waals surface area contributed by atoms with E-state index in [2.05, 4.69) is 52.2 Å². The van der Waals surface area contributed by atoms with E-state index < -0.39 is 28.8 Å². The topological polar surface area (TPSA) is 122 Å². The molecule has 4 unspecified atom stereocenters. The van der Waals surface area contributed by atoms with Crippen LogP contribution in [0.4, 0.5) is 13.6 Å². The molecule has 0 aromatic rings. The molecule has 8 nitrogen and oxygen atoms in total. The van der Waals surface area contributed by atoms with Crippen molar-refractivity contribution in [2.45, 2.75) is 169 Å². The van der Waals surface area contributed by atoms with E-state index in [0.717, 1.165) is 56.1 Å². The first-order chi connectivity index (χ1) is 23.6. The number of amides is 2. The summed E-state index contributed by atoms with van der Waals surface area (Å²) >= 11 is 0. The molecule has 6 aliphatic carbocycles. The monoisotopic (exact) mass is 716 g/mol. The number of carboxylic acid groups (broad SMARTS) is 1. The normalized spacial score (nSPS) is 39.0. The fourth-order valence-electron chi connectivity index (χ4n) is 12.9. The lowest BCUT2D eigenvalue weighted by atomic mass is 9.37. The lowest BCUT2D eigenvalue weighted by Gasteiger charge is -2.68. The molecule has 0 aromatic heterocycles. The van der Waals surface area contributed by atoms with Crippen molar-refractivity contribution in [1.29, 1.82) is 0 Å². The first-order valence-corrected chi connectivity index (χ1v) is 19.7. The van der Waals surface area contributed by atoms with Gasteiger partial charge < -0.3 is 20.5 Å². The Morgan fingerprint density at radius 1 is 0.882 bits per heavy atom. The smallest absolute Gasteiger partial charge is 0.315 e. The van der Waals surface area contributed by atoms with E-state index in [1.807, 2.05) is 0 Å². The first kappa shape index (κ1) is 38.2. The molecular formula is C41H62F2N2O6. The summed E-state index contributed by atoms with van der Waals surface area (Å²) in [5.74, 6) is -2.59. The number of nitrogens with one attached hydrogen (secondary N) is 2. The van der Waals surface area contributed by atoms with Crippen LogP contribution in [0.1, 0.15) is 145 Å². The van der Waals surface area contributed by atoms with E-state index in [4.69, 9.17) is 4.74 Å². The highest BCUT2D eigenvalue weighted by Gasteiger charge is 2.67. The molecule has 0 aromatic carbocycles. The van der Waals surface area contributed by atoms with Crippen LogP contribution in [0, 0.1) is 51.2 Å². The van der Waals surface area contributed by atoms with Crippen LogP contribution in [0.25, 0.3) is 0 Å². The van der Waals surface area contributed by atoms with Gasteiger partial charge in [0.15, 0.2) is 5.78 Å². The van der Waals surface area contributed by atoms with Crippen molar-refractivity contribution in [2.75, 3.05) is 0 Å². The highest BCUT2D eigenvalue weighted by Crippen LogP contribution is 2.72. The van der Waals surface area contributed by atoms with Gasteiger partial charge in [0.05, 0.1) is 17.4 Å². The summed E-state index contributed by atoms with van der Waals surface area (Å²) in [6.45, 7) is 16.7. The molecule has 6 rings (SSSR count). The fraction of sp³-hybridized carbons (Fsp3) is 0.854. The van der Waals surface area contributed by atoms with Crippen LogP contribution >= 0.6 is 0 Å². The number of alkyl halides is 2. The molecule has 5 saturated carbocycles. The molecule has 0 aliphatic heterocycles. The van der Waals surface area contributed by atoms with Gasteiger partial charge in [0.25, 0.3) is 0 Å². The Morgan fingerprint density at radius 3 is 2.16 bits per heavy atom. The third-order valence-electron chi connectivity index (χ3n) is 15.4. The molecule has 0 radical (unpaired) electrons. The van der Waals surface area contributed by atoms with Crippen molar-refractivity contribution >= 4 is 23.8 Å². The fourth-order valence-corrected chi connectivity index (χ4v) is 12.9. The zero-order valence-corrected chi connectivity index (χ0v) is 32.2. The molecule has 0 spiro atoms. The van der Waals surface area contributed by atoms with Gasteiger partial charge in [-0.2, -0.15) is 0 Å². The summed E-state index contributed by atoms with van der Waals surface area (Å²) in [5.41, 5.74) is -0.0695. The number of carboxylic acids is 1. The van der Waals surface area contributed by atoms with Crippen LogP contribution < -0.4 is 10.6 Å². The van der Waals surface area contributed by atoms with Crippen molar-refractivity contribution in [3.05, 3.63) is 11.1 Å². The zero-order chi connectivity index (χ0) is 37.5. The van der Waals surface area contributed by atoms with Gasteiger partial charge in [-0.15, -0.1) is 0 Å². The predicted molar refractivity (Wildman–Crippen MR) is 190 cm³/mol. The number of allylic oxidation sites excluding steroid dienone is 1. The number of ether oxygens (including phenoxy) is 1. The molecule has 0 saturated heterocycles. The number of halogens is 2. The number of carbonyl (C=O) groups excluding carboxylic acids is 3. The molecule has 286 valence electrons. The predicted octanol–water partition coefficient (Wildman–Crippen LogP) is 8.62. The number of rotatable bonds is 7. The summed E-state index contributed by atoms with van der Waals surface area (Å²) in [6, 6.07) is -0.644. The highest BCUT2D eigenvalue weighted by molar-refractivity contribution is 6.02. The average Bonchev–Trinajstić information content (AvgIpc) is 3.31. The van der Waals surface area contributed by atoms with Gasteiger partial charge in [-0.1, -0.05) is 41.5 Å². The van der Waals surface area contributed by atoms with Crippen molar-refractivity contribution in [2.24, 2.45) is 51.2 Å². The van der Waals surface area contributed by atoms with E-state index in [1.165, 1.54) is 0 Å². The summed E-state index contributed by atoms with van der Waals surface area (Å²) in [7, 11) is 0. The van der Waals surface area contributed by atoms with Crippen molar-refractivity contribution < 1.29 is 37.8 Å². The maximum atomic E-state index is 13.8. The Bertz CT molecular complexity index is 1480. The lowest BCUT2D eigenvalue weighted by Crippen LogP contribution is -2.64. The van der Waals surface area contributed by atoms with Gasteiger partial charge in [-0.05, 0) is 130 Å². The number of esters is 1.